The summed E-state index contributed by atoms with van der Waals surface area (Å²) in [6, 6.07) is 3.05. The van der Waals surface area contributed by atoms with Gasteiger partial charge in [0.1, 0.15) is 5.75 Å². The minimum atomic E-state index is -0.0896. The van der Waals surface area contributed by atoms with Gasteiger partial charge in [-0.25, -0.2) is 0 Å². The Labute approximate surface area is 132 Å². The molecule has 0 bridgehead atoms. The van der Waals surface area contributed by atoms with Crippen LogP contribution in [0.5, 0.6) is 5.75 Å². The predicted octanol–water partition coefficient (Wildman–Crippen LogP) is 2.53. The molecule has 0 aromatic heterocycles. The van der Waals surface area contributed by atoms with E-state index in [4.69, 9.17) is 40.2 Å². The number of methoxy groups -OCH3 is 1. The fourth-order valence-electron chi connectivity index (χ4n) is 1.39. The molecule has 0 saturated carbocycles. The van der Waals surface area contributed by atoms with Gasteiger partial charge >= 0.3 is 0 Å². The Bertz CT molecular complexity index is 512. The van der Waals surface area contributed by atoms with Crippen LogP contribution in [0, 0.1) is 0 Å². The largest absolute Gasteiger partial charge is 0.506 e. The van der Waals surface area contributed by atoms with E-state index >= 15 is 0 Å². The highest BCUT2D eigenvalue weighted by Gasteiger charge is 2.06. The summed E-state index contributed by atoms with van der Waals surface area (Å²) >= 11 is 16.7. The molecule has 1 atom stereocenters. The van der Waals surface area contributed by atoms with Crippen molar-refractivity contribution in [3.8, 4) is 5.75 Å². The summed E-state index contributed by atoms with van der Waals surface area (Å²) in [5.74, 6) is -0.0896. The van der Waals surface area contributed by atoms with Crippen molar-refractivity contribution in [3.63, 3.8) is 0 Å². The number of phenolic OH excluding ortho intramolecular Hbond substituents is 1. The van der Waals surface area contributed by atoms with Crippen molar-refractivity contribution in [2.45, 2.75) is 13.0 Å². The van der Waals surface area contributed by atoms with Gasteiger partial charge in [0.25, 0.3) is 0 Å². The van der Waals surface area contributed by atoms with Gasteiger partial charge in [0.2, 0.25) is 0 Å². The summed E-state index contributed by atoms with van der Waals surface area (Å²) in [5.41, 5.74) is 3.01. The van der Waals surface area contributed by atoms with E-state index in [1.807, 2.05) is 6.92 Å². The van der Waals surface area contributed by atoms with Gasteiger partial charge in [0.15, 0.2) is 5.11 Å². The highest BCUT2D eigenvalue weighted by atomic mass is 35.5. The van der Waals surface area contributed by atoms with Crippen LogP contribution in [-0.4, -0.2) is 36.2 Å². The summed E-state index contributed by atoms with van der Waals surface area (Å²) < 4.78 is 4.97. The third kappa shape index (κ3) is 5.50. The molecule has 0 saturated heterocycles. The van der Waals surface area contributed by atoms with Crippen LogP contribution in [-0.2, 0) is 4.74 Å². The summed E-state index contributed by atoms with van der Waals surface area (Å²) in [6.07, 6.45) is 1.38. The molecule has 5 nitrogen and oxygen atoms in total. The molecular weight excluding hydrogens is 321 g/mol. The normalized spacial score (nSPS) is 12.4. The number of ether oxygens (including phenoxy) is 1. The van der Waals surface area contributed by atoms with Gasteiger partial charge in [0.05, 0.1) is 17.8 Å². The first-order chi connectivity index (χ1) is 9.43. The number of nitrogens with zero attached hydrogens (tertiary/aromatic N) is 1. The number of aromatic hydroxyl groups is 1. The van der Waals surface area contributed by atoms with Crippen LogP contribution in [0.4, 0.5) is 0 Å². The summed E-state index contributed by atoms with van der Waals surface area (Å²) in [6.45, 7) is 2.44. The van der Waals surface area contributed by atoms with Crippen LogP contribution in [0.2, 0.25) is 10.0 Å². The number of phenols is 1. The number of rotatable bonds is 5. The lowest BCUT2D eigenvalue weighted by molar-refractivity contribution is 0.179. The number of benzene rings is 1. The molecule has 1 rings (SSSR count). The first-order valence-electron chi connectivity index (χ1n) is 5.70. The lowest BCUT2D eigenvalue weighted by Crippen LogP contribution is -2.40. The van der Waals surface area contributed by atoms with Crippen LogP contribution in [0.1, 0.15) is 12.5 Å². The molecule has 0 aliphatic carbocycles. The van der Waals surface area contributed by atoms with Gasteiger partial charge in [-0.15, -0.1) is 0 Å². The minimum absolute atomic E-state index is 0.0595. The van der Waals surface area contributed by atoms with E-state index < -0.39 is 0 Å². The molecule has 20 heavy (non-hydrogen) atoms. The SMILES string of the molecule is COC[C@@H](C)NC(=S)N/N=C/c1cc(Cl)cc(Cl)c1O. The number of thiocarbonyl (C=S) groups is 1. The van der Waals surface area contributed by atoms with Crippen molar-refractivity contribution >= 4 is 46.7 Å². The van der Waals surface area contributed by atoms with Crippen molar-refractivity contribution in [2.75, 3.05) is 13.7 Å². The second-order valence-corrected chi connectivity index (χ2v) is 5.28. The molecule has 0 aliphatic heterocycles. The lowest BCUT2D eigenvalue weighted by atomic mass is 10.2. The molecule has 110 valence electrons. The molecule has 0 unspecified atom stereocenters. The Morgan fingerprint density at radius 3 is 2.90 bits per heavy atom. The molecule has 1 aromatic rings. The number of hydrogen-bond donors (Lipinski definition) is 3. The first kappa shape index (κ1) is 17.0. The third-order valence-corrected chi connectivity index (χ3v) is 2.94. The van der Waals surface area contributed by atoms with Crippen LogP contribution < -0.4 is 10.7 Å². The monoisotopic (exact) mass is 335 g/mol. The number of halogens is 2. The molecule has 0 amide bonds. The maximum absolute atomic E-state index is 9.73. The molecule has 8 heteroatoms. The van der Waals surface area contributed by atoms with Crippen LogP contribution in [0.3, 0.4) is 0 Å². The fourth-order valence-corrected chi connectivity index (χ4v) is 2.16. The topological polar surface area (TPSA) is 65.9 Å². The minimum Gasteiger partial charge on any atom is -0.506 e. The molecule has 0 aliphatic rings. The van der Waals surface area contributed by atoms with Crippen molar-refractivity contribution in [3.05, 3.63) is 27.7 Å². The van der Waals surface area contributed by atoms with Gasteiger partial charge in [-0.1, -0.05) is 23.2 Å². The molecule has 0 radical (unpaired) electrons. The Balaban J connectivity index is 2.59. The van der Waals surface area contributed by atoms with E-state index in [2.05, 4.69) is 15.8 Å². The molecule has 3 N–H and O–H groups in total. The number of nitrogens with one attached hydrogen (secondary N) is 2. The Kier molecular flexibility index (Phi) is 7.01. The van der Waals surface area contributed by atoms with Gasteiger partial charge in [-0.2, -0.15) is 5.10 Å². The summed E-state index contributed by atoms with van der Waals surface area (Å²) in [4.78, 5) is 0. The highest BCUT2D eigenvalue weighted by Crippen LogP contribution is 2.29. The van der Waals surface area contributed by atoms with Gasteiger partial charge < -0.3 is 15.2 Å². The summed E-state index contributed by atoms with van der Waals surface area (Å²) in [5, 5.41) is 17.5. The zero-order chi connectivity index (χ0) is 15.1. The Hall–Kier alpha value is -1.08. The molecule has 0 heterocycles. The van der Waals surface area contributed by atoms with Crippen molar-refractivity contribution in [1.82, 2.24) is 10.7 Å². The maximum atomic E-state index is 9.73. The van der Waals surface area contributed by atoms with E-state index in [1.54, 1.807) is 7.11 Å². The fraction of sp³-hybridized carbons (Fsp3) is 0.333. The number of hydrogen-bond acceptors (Lipinski definition) is 4. The predicted molar refractivity (Wildman–Crippen MR) is 85.9 cm³/mol. The average molecular weight is 336 g/mol. The van der Waals surface area contributed by atoms with E-state index in [-0.39, 0.29) is 16.8 Å². The average Bonchev–Trinajstić information content (AvgIpc) is 2.35. The van der Waals surface area contributed by atoms with E-state index in [9.17, 15) is 5.11 Å². The zero-order valence-electron chi connectivity index (χ0n) is 11.0. The van der Waals surface area contributed by atoms with Crippen molar-refractivity contribution < 1.29 is 9.84 Å². The van der Waals surface area contributed by atoms with Gasteiger partial charge in [-0.3, -0.25) is 5.43 Å². The van der Waals surface area contributed by atoms with Crippen LogP contribution in [0.25, 0.3) is 0 Å². The molecule has 0 fully saturated rings. The smallest absolute Gasteiger partial charge is 0.187 e. The quantitative estimate of drug-likeness (QED) is 0.438. The standard InChI is InChI=1S/C12H15Cl2N3O2S/c1-7(6-19-2)16-12(20)17-15-5-8-3-9(13)4-10(14)11(8)18/h3-5,7,18H,6H2,1-2H3,(H2,16,17,20)/b15-5+/t7-/m1/s1. The second kappa shape index (κ2) is 8.26. The van der Waals surface area contributed by atoms with Crippen molar-refractivity contribution in [1.29, 1.82) is 0 Å². The second-order valence-electron chi connectivity index (χ2n) is 4.03. The van der Waals surface area contributed by atoms with Crippen LogP contribution in [0.15, 0.2) is 17.2 Å². The zero-order valence-corrected chi connectivity index (χ0v) is 13.3. The Morgan fingerprint density at radius 1 is 1.55 bits per heavy atom. The third-order valence-electron chi connectivity index (χ3n) is 2.22. The molecule has 1 aromatic carbocycles. The van der Waals surface area contributed by atoms with E-state index in [1.165, 1.54) is 18.3 Å². The highest BCUT2D eigenvalue weighted by molar-refractivity contribution is 7.80. The van der Waals surface area contributed by atoms with Gasteiger partial charge in [0, 0.05) is 23.7 Å². The molecular formula is C12H15Cl2N3O2S. The van der Waals surface area contributed by atoms with E-state index in [0.29, 0.717) is 22.3 Å². The van der Waals surface area contributed by atoms with Crippen molar-refractivity contribution in [2.24, 2.45) is 5.10 Å². The Morgan fingerprint density at radius 2 is 2.25 bits per heavy atom. The van der Waals surface area contributed by atoms with Crippen LogP contribution >= 0.6 is 35.4 Å². The molecule has 0 spiro atoms. The van der Waals surface area contributed by atoms with E-state index in [0.717, 1.165) is 0 Å². The first-order valence-corrected chi connectivity index (χ1v) is 6.87. The summed E-state index contributed by atoms with van der Waals surface area (Å²) in [7, 11) is 1.61. The lowest BCUT2D eigenvalue weighted by Gasteiger charge is -2.13. The van der Waals surface area contributed by atoms with Gasteiger partial charge in [-0.05, 0) is 31.3 Å². The maximum Gasteiger partial charge on any atom is 0.187 e. The number of hydrazone groups is 1.